The predicted molar refractivity (Wildman–Crippen MR) is 91.6 cm³/mol. The molecule has 22 heavy (non-hydrogen) atoms. The molecule has 0 aliphatic carbocycles. The third-order valence-corrected chi connectivity index (χ3v) is 3.87. The lowest BCUT2D eigenvalue weighted by molar-refractivity contribution is -0.147. The van der Waals surface area contributed by atoms with Crippen LogP contribution in [0, 0.1) is 41.4 Å². The van der Waals surface area contributed by atoms with Crippen molar-refractivity contribution in [2.75, 3.05) is 6.61 Å². The van der Waals surface area contributed by atoms with Gasteiger partial charge in [0.25, 0.3) is 0 Å². The van der Waals surface area contributed by atoms with Crippen molar-refractivity contribution in [3.63, 3.8) is 0 Å². The number of hydrogen-bond donors (Lipinski definition) is 0. The van der Waals surface area contributed by atoms with Crippen LogP contribution in [0.4, 0.5) is 0 Å². The summed E-state index contributed by atoms with van der Waals surface area (Å²) in [6.45, 7) is 5.61. The van der Waals surface area contributed by atoms with Crippen LogP contribution in [0.3, 0.4) is 0 Å². The fourth-order valence-corrected chi connectivity index (χ4v) is 2.12. The first kappa shape index (κ1) is 18.2. The van der Waals surface area contributed by atoms with E-state index >= 15 is 0 Å². The summed E-state index contributed by atoms with van der Waals surface area (Å²) in [7, 11) is 0. The number of rotatable bonds is 4. The zero-order chi connectivity index (χ0) is 16.4. The fourth-order valence-electron chi connectivity index (χ4n) is 1.28. The Morgan fingerprint density at radius 1 is 1.32 bits per heavy atom. The predicted octanol–water partition coefficient (Wildman–Crippen LogP) is 3.67. The van der Waals surface area contributed by atoms with Gasteiger partial charge < -0.3 is 4.74 Å². The maximum Gasteiger partial charge on any atom is 0.308 e. The molecule has 1 aromatic heterocycles. The third kappa shape index (κ3) is 6.73. The zero-order valence-corrected chi connectivity index (χ0v) is 14.4. The van der Waals surface area contributed by atoms with Crippen molar-refractivity contribution in [1.82, 2.24) is 0 Å². The minimum absolute atomic E-state index is 0.0991. The van der Waals surface area contributed by atoms with Crippen LogP contribution in [0.15, 0.2) is 12.1 Å². The van der Waals surface area contributed by atoms with Crippen molar-refractivity contribution in [3.05, 3.63) is 21.9 Å². The molecule has 0 bridgehead atoms. The van der Waals surface area contributed by atoms with Crippen LogP contribution in [0.25, 0.3) is 0 Å². The molecule has 2 unspecified atom stereocenters. The largest absolute Gasteiger partial charge is 0.463 e. The summed E-state index contributed by atoms with van der Waals surface area (Å²) in [6.07, 6.45) is 0.749. The molecule has 0 amide bonds. The number of ether oxygens (including phenoxy) is 1. The molecule has 0 aliphatic heterocycles. The SMILES string of the molecule is CC#CC#Cc1ccc(C#CC(Cl)COC(=O)C(C)CC)s1. The maximum absolute atomic E-state index is 11.5. The molecule has 0 saturated carbocycles. The van der Waals surface area contributed by atoms with Gasteiger partial charge in [-0.05, 0) is 43.2 Å². The van der Waals surface area contributed by atoms with Gasteiger partial charge in [0.05, 0.1) is 15.7 Å². The molecule has 2 atom stereocenters. The molecule has 0 aliphatic rings. The Morgan fingerprint density at radius 3 is 2.64 bits per heavy atom. The molecule has 0 radical (unpaired) electrons. The van der Waals surface area contributed by atoms with Gasteiger partial charge in [-0.15, -0.1) is 22.9 Å². The maximum atomic E-state index is 11.5. The van der Waals surface area contributed by atoms with Crippen molar-refractivity contribution >= 4 is 28.9 Å². The zero-order valence-electron chi connectivity index (χ0n) is 12.8. The van der Waals surface area contributed by atoms with E-state index in [0.29, 0.717) is 0 Å². The second kappa shape index (κ2) is 9.97. The Labute approximate surface area is 141 Å². The number of carbonyl (C=O) groups excluding carboxylic acids is 1. The summed E-state index contributed by atoms with van der Waals surface area (Å²) in [5.74, 6) is 16.6. The van der Waals surface area contributed by atoms with E-state index in [9.17, 15) is 4.79 Å². The van der Waals surface area contributed by atoms with Crippen LogP contribution in [-0.2, 0) is 9.53 Å². The molecular weight excluding hydrogens is 316 g/mol. The second-order valence-corrected chi connectivity index (χ2v) is 6.08. The van der Waals surface area contributed by atoms with Gasteiger partial charge in [-0.2, -0.15) is 0 Å². The van der Waals surface area contributed by atoms with E-state index in [-0.39, 0.29) is 18.5 Å². The first-order valence-corrected chi connectivity index (χ1v) is 8.17. The van der Waals surface area contributed by atoms with Gasteiger partial charge in [-0.3, -0.25) is 4.79 Å². The van der Waals surface area contributed by atoms with E-state index in [4.69, 9.17) is 16.3 Å². The van der Waals surface area contributed by atoms with Crippen LogP contribution in [-0.4, -0.2) is 18.0 Å². The lowest BCUT2D eigenvalue weighted by Crippen LogP contribution is -2.18. The standard InChI is InChI=1S/C18H17ClO2S/c1-4-6-7-8-16-11-12-17(22-16)10-9-15(19)13-21-18(20)14(3)5-2/h11-12,14-15H,5,13H2,1-3H3. The first-order chi connectivity index (χ1) is 10.6. The summed E-state index contributed by atoms with van der Waals surface area (Å²) >= 11 is 7.52. The van der Waals surface area contributed by atoms with E-state index in [1.807, 2.05) is 26.0 Å². The van der Waals surface area contributed by atoms with E-state index < -0.39 is 5.38 Å². The van der Waals surface area contributed by atoms with Crippen molar-refractivity contribution in [2.24, 2.45) is 5.92 Å². The number of esters is 1. The van der Waals surface area contributed by atoms with Gasteiger partial charge in [0.1, 0.15) is 12.0 Å². The number of alkyl halides is 1. The average molecular weight is 333 g/mol. The molecule has 0 N–H and O–H groups in total. The monoisotopic (exact) mass is 332 g/mol. The van der Waals surface area contributed by atoms with Gasteiger partial charge in [-0.25, -0.2) is 0 Å². The molecule has 0 aromatic carbocycles. The van der Waals surface area contributed by atoms with Gasteiger partial charge in [0.2, 0.25) is 0 Å². The average Bonchev–Trinajstić information content (AvgIpc) is 2.97. The number of thiophene rings is 1. The Bertz CT molecular complexity index is 686. The Kier molecular flexibility index (Phi) is 8.24. The first-order valence-electron chi connectivity index (χ1n) is 6.91. The van der Waals surface area contributed by atoms with Crippen LogP contribution >= 0.6 is 22.9 Å². The summed E-state index contributed by atoms with van der Waals surface area (Å²) in [4.78, 5) is 13.3. The van der Waals surface area contributed by atoms with E-state index in [1.54, 1.807) is 6.92 Å². The van der Waals surface area contributed by atoms with Crippen LogP contribution in [0.5, 0.6) is 0 Å². The molecule has 4 heteroatoms. The third-order valence-electron chi connectivity index (χ3n) is 2.72. The van der Waals surface area contributed by atoms with E-state index in [1.165, 1.54) is 11.3 Å². The number of halogens is 1. The topological polar surface area (TPSA) is 26.3 Å². The Morgan fingerprint density at radius 2 is 2.00 bits per heavy atom. The van der Waals surface area contributed by atoms with Gasteiger partial charge >= 0.3 is 5.97 Å². The molecule has 2 nitrogen and oxygen atoms in total. The number of hydrogen-bond acceptors (Lipinski definition) is 3. The van der Waals surface area contributed by atoms with Crippen LogP contribution in [0.2, 0.25) is 0 Å². The van der Waals surface area contributed by atoms with Crippen LogP contribution in [0.1, 0.15) is 36.9 Å². The van der Waals surface area contributed by atoms with E-state index in [0.717, 1.165) is 16.2 Å². The van der Waals surface area contributed by atoms with E-state index in [2.05, 4.69) is 35.5 Å². The van der Waals surface area contributed by atoms with Crippen molar-refractivity contribution in [3.8, 4) is 35.5 Å². The fraction of sp³-hybridized carbons (Fsp3) is 0.389. The molecule has 114 valence electrons. The lowest BCUT2D eigenvalue weighted by Gasteiger charge is -2.09. The van der Waals surface area contributed by atoms with Crippen LogP contribution < -0.4 is 0 Å². The molecular formula is C18H17ClO2S. The van der Waals surface area contributed by atoms with Crippen molar-refractivity contribution < 1.29 is 9.53 Å². The minimum atomic E-state index is -0.518. The van der Waals surface area contributed by atoms with Gasteiger partial charge in [0, 0.05) is 0 Å². The smallest absolute Gasteiger partial charge is 0.308 e. The van der Waals surface area contributed by atoms with Gasteiger partial charge in [0.15, 0.2) is 0 Å². The van der Waals surface area contributed by atoms with Gasteiger partial charge in [-0.1, -0.05) is 31.6 Å². The molecule has 0 spiro atoms. The molecule has 1 aromatic rings. The summed E-state index contributed by atoms with van der Waals surface area (Å²) in [5.41, 5.74) is 0. The highest BCUT2D eigenvalue weighted by molar-refractivity contribution is 7.13. The quantitative estimate of drug-likeness (QED) is 0.478. The second-order valence-electron chi connectivity index (χ2n) is 4.47. The summed E-state index contributed by atoms with van der Waals surface area (Å²) < 4.78 is 5.11. The summed E-state index contributed by atoms with van der Waals surface area (Å²) in [6, 6.07) is 3.78. The summed E-state index contributed by atoms with van der Waals surface area (Å²) in [5, 5.41) is -0.518. The Hall–Kier alpha value is -1.86. The normalized spacial score (nSPS) is 11.6. The molecule has 1 rings (SSSR count). The Balaban J connectivity index is 2.54. The highest BCUT2D eigenvalue weighted by Crippen LogP contribution is 2.14. The molecule has 0 saturated heterocycles. The van der Waals surface area contributed by atoms with Crippen molar-refractivity contribution in [2.45, 2.75) is 32.6 Å². The number of carbonyl (C=O) groups is 1. The minimum Gasteiger partial charge on any atom is -0.463 e. The lowest BCUT2D eigenvalue weighted by atomic mass is 10.1. The molecule has 1 heterocycles. The van der Waals surface area contributed by atoms with Crippen molar-refractivity contribution in [1.29, 1.82) is 0 Å². The highest BCUT2D eigenvalue weighted by Gasteiger charge is 2.13. The molecule has 0 fully saturated rings. The highest BCUT2D eigenvalue weighted by atomic mass is 35.5.